The van der Waals surface area contributed by atoms with Gasteiger partial charge in [-0.15, -0.1) is 0 Å². The second kappa shape index (κ2) is 4.03. The van der Waals surface area contributed by atoms with Crippen LogP contribution in [0, 0.1) is 0 Å². The summed E-state index contributed by atoms with van der Waals surface area (Å²) in [6.07, 6.45) is 1.87. The Balaban J connectivity index is 2.07. The topological polar surface area (TPSA) is 63.9 Å². The molecule has 3 rings (SSSR count). The van der Waals surface area contributed by atoms with Crippen LogP contribution in [0.25, 0.3) is 22.4 Å². The highest BCUT2D eigenvalue weighted by Gasteiger charge is 2.12. The van der Waals surface area contributed by atoms with Crippen LogP contribution in [0.5, 0.6) is 0 Å². The number of H-pyrrole nitrogens is 1. The normalized spacial score (nSPS) is 11.1. The fourth-order valence-electron chi connectivity index (χ4n) is 1.80. The van der Waals surface area contributed by atoms with Gasteiger partial charge in [0.15, 0.2) is 5.82 Å². The Morgan fingerprint density at radius 1 is 1.35 bits per heavy atom. The lowest BCUT2D eigenvalue weighted by molar-refractivity contribution is 0.174. The summed E-state index contributed by atoms with van der Waals surface area (Å²) in [6.45, 7) is 0.353. The molecule has 0 fully saturated rings. The molecule has 17 heavy (non-hydrogen) atoms. The van der Waals surface area contributed by atoms with Crippen LogP contribution < -0.4 is 0 Å². The number of aromatic nitrogens is 3. The van der Waals surface area contributed by atoms with Crippen molar-refractivity contribution in [3.63, 3.8) is 0 Å². The first-order valence-electron chi connectivity index (χ1n) is 5.26. The molecule has 86 valence electrons. The summed E-state index contributed by atoms with van der Waals surface area (Å²) >= 11 is 0. The van der Waals surface area contributed by atoms with Gasteiger partial charge in [0, 0.05) is 24.2 Å². The van der Waals surface area contributed by atoms with E-state index in [1.165, 1.54) is 0 Å². The number of benzene rings is 1. The third-order valence-corrected chi connectivity index (χ3v) is 2.56. The maximum absolute atomic E-state index is 5.21. The minimum atomic E-state index is 0.353. The first-order valence-corrected chi connectivity index (χ1v) is 5.26. The van der Waals surface area contributed by atoms with Crippen LogP contribution in [0.3, 0.4) is 0 Å². The van der Waals surface area contributed by atoms with Crippen molar-refractivity contribution in [3.05, 3.63) is 36.3 Å². The molecule has 0 bridgehead atoms. The van der Waals surface area contributed by atoms with Gasteiger partial charge in [0.05, 0.1) is 5.56 Å². The fourth-order valence-corrected chi connectivity index (χ4v) is 1.80. The number of para-hydroxylation sites is 1. The van der Waals surface area contributed by atoms with Gasteiger partial charge in [0.2, 0.25) is 0 Å². The molecule has 3 aromatic rings. The Kier molecular flexibility index (Phi) is 2.38. The van der Waals surface area contributed by atoms with Gasteiger partial charge in [-0.2, -0.15) is 4.98 Å². The van der Waals surface area contributed by atoms with E-state index in [1.807, 2.05) is 30.5 Å². The van der Waals surface area contributed by atoms with Crippen molar-refractivity contribution in [1.82, 2.24) is 15.1 Å². The first kappa shape index (κ1) is 10.0. The molecule has 0 aliphatic heterocycles. The van der Waals surface area contributed by atoms with E-state index < -0.39 is 0 Å². The molecule has 0 unspecified atom stereocenters. The van der Waals surface area contributed by atoms with E-state index in [0.717, 1.165) is 16.5 Å². The van der Waals surface area contributed by atoms with Crippen molar-refractivity contribution in [3.8, 4) is 11.5 Å². The van der Waals surface area contributed by atoms with Crippen LogP contribution in [0.15, 0.2) is 35.0 Å². The fraction of sp³-hybridized carbons (Fsp3) is 0.167. The Morgan fingerprint density at radius 2 is 2.24 bits per heavy atom. The van der Waals surface area contributed by atoms with Crippen molar-refractivity contribution in [2.24, 2.45) is 0 Å². The highest BCUT2D eigenvalue weighted by Crippen LogP contribution is 2.26. The molecular weight excluding hydrogens is 218 g/mol. The van der Waals surface area contributed by atoms with Gasteiger partial charge in [0.25, 0.3) is 5.89 Å². The second-order valence-electron chi connectivity index (χ2n) is 3.70. The highest BCUT2D eigenvalue weighted by molar-refractivity contribution is 5.93. The Bertz CT molecular complexity index is 642. The number of methoxy groups -OCH3 is 1. The number of rotatable bonds is 3. The lowest BCUT2D eigenvalue weighted by Gasteiger charge is -1.91. The third-order valence-electron chi connectivity index (χ3n) is 2.56. The number of hydrogen-bond donors (Lipinski definition) is 1. The number of aromatic amines is 1. The standard InChI is InChI=1S/C12H11N3O2/c1-16-7-11-14-12(17-15-11)9-6-13-10-5-3-2-4-8(9)10/h2-6,13H,7H2,1H3. The molecule has 5 nitrogen and oxygen atoms in total. The van der Waals surface area contributed by atoms with Crippen molar-refractivity contribution < 1.29 is 9.26 Å². The van der Waals surface area contributed by atoms with E-state index in [1.54, 1.807) is 7.11 Å². The summed E-state index contributed by atoms with van der Waals surface area (Å²) in [5.74, 6) is 1.06. The quantitative estimate of drug-likeness (QED) is 0.748. The molecule has 0 saturated carbocycles. The van der Waals surface area contributed by atoms with Crippen molar-refractivity contribution in [1.29, 1.82) is 0 Å². The molecule has 0 saturated heterocycles. The van der Waals surface area contributed by atoms with E-state index in [2.05, 4.69) is 15.1 Å². The largest absolute Gasteiger partial charge is 0.377 e. The average Bonchev–Trinajstić information content (AvgIpc) is 2.95. The number of fused-ring (bicyclic) bond motifs is 1. The smallest absolute Gasteiger partial charge is 0.260 e. The van der Waals surface area contributed by atoms with Gasteiger partial charge < -0.3 is 14.2 Å². The minimum Gasteiger partial charge on any atom is -0.377 e. The Morgan fingerprint density at radius 3 is 3.12 bits per heavy atom. The number of ether oxygens (including phenoxy) is 1. The van der Waals surface area contributed by atoms with Gasteiger partial charge in [-0.3, -0.25) is 0 Å². The van der Waals surface area contributed by atoms with Crippen LogP contribution in [-0.2, 0) is 11.3 Å². The van der Waals surface area contributed by atoms with Crippen LogP contribution in [0.1, 0.15) is 5.82 Å². The molecule has 0 aliphatic rings. The van der Waals surface area contributed by atoms with Gasteiger partial charge in [-0.1, -0.05) is 23.4 Å². The van der Waals surface area contributed by atoms with E-state index >= 15 is 0 Å². The predicted octanol–water partition coefficient (Wildman–Crippen LogP) is 2.36. The van der Waals surface area contributed by atoms with Gasteiger partial charge in [-0.25, -0.2) is 0 Å². The van der Waals surface area contributed by atoms with E-state index in [9.17, 15) is 0 Å². The molecule has 2 aromatic heterocycles. The molecule has 0 atom stereocenters. The van der Waals surface area contributed by atoms with Crippen molar-refractivity contribution in [2.75, 3.05) is 7.11 Å². The summed E-state index contributed by atoms with van der Waals surface area (Å²) in [6, 6.07) is 7.98. The number of nitrogens with zero attached hydrogens (tertiary/aromatic N) is 2. The van der Waals surface area contributed by atoms with Crippen LogP contribution in [-0.4, -0.2) is 22.2 Å². The zero-order chi connectivity index (χ0) is 11.7. The van der Waals surface area contributed by atoms with E-state index in [0.29, 0.717) is 18.3 Å². The zero-order valence-corrected chi connectivity index (χ0v) is 9.30. The van der Waals surface area contributed by atoms with Gasteiger partial charge in [-0.05, 0) is 6.07 Å². The molecule has 0 spiro atoms. The summed E-state index contributed by atoms with van der Waals surface area (Å²) in [4.78, 5) is 7.44. The third kappa shape index (κ3) is 1.70. The summed E-state index contributed by atoms with van der Waals surface area (Å²) < 4.78 is 10.2. The number of hydrogen-bond acceptors (Lipinski definition) is 4. The van der Waals surface area contributed by atoms with Gasteiger partial charge >= 0.3 is 0 Å². The maximum atomic E-state index is 5.21. The van der Waals surface area contributed by atoms with Gasteiger partial charge in [0.1, 0.15) is 6.61 Å². The lowest BCUT2D eigenvalue weighted by Crippen LogP contribution is -1.89. The Labute approximate surface area is 97.4 Å². The van der Waals surface area contributed by atoms with Crippen molar-refractivity contribution >= 4 is 10.9 Å². The molecule has 1 N–H and O–H groups in total. The monoisotopic (exact) mass is 229 g/mol. The molecular formula is C12H11N3O2. The zero-order valence-electron chi connectivity index (χ0n) is 9.30. The summed E-state index contributed by atoms with van der Waals surface area (Å²) in [7, 11) is 1.60. The SMILES string of the molecule is COCc1noc(-c2c[nH]c3ccccc23)n1. The molecule has 5 heteroatoms. The minimum absolute atomic E-state index is 0.353. The lowest BCUT2D eigenvalue weighted by atomic mass is 10.2. The highest BCUT2D eigenvalue weighted by atomic mass is 16.5. The second-order valence-corrected chi connectivity index (χ2v) is 3.70. The van der Waals surface area contributed by atoms with E-state index in [4.69, 9.17) is 9.26 Å². The first-order chi connectivity index (χ1) is 8.38. The molecule has 1 aromatic carbocycles. The van der Waals surface area contributed by atoms with Crippen molar-refractivity contribution in [2.45, 2.75) is 6.61 Å². The summed E-state index contributed by atoms with van der Waals surface area (Å²) in [5.41, 5.74) is 1.96. The predicted molar refractivity (Wildman–Crippen MR) is 62.3 cm³/mol. The summed E-state index contributed by atoms with van der Waals surface area (Å²) in [5, 5.41) is 4.91. The molecule has 0 radical (unpaired) electrons. The van der Waals surface area contributed by atoms with Crippen LogP contribution in [0.2, 0.25) is 0 Å². The molecule has 2 heterocycles. The average molecular weight is 229 g/mol. The Hall–Kier alpha value is -2.14. The van der Waals surface area contributed by atoms with E-state index in [-0.39, 0.29) is 0 Å². The van der Waals surface area contributed by atoms with Crippen LogP contribution in [0.4, 0.5) is 0 Å². The number of nitrogens with one attached hydrogen (secondary N) is 1. The molecule has 0 aliphatic carbocycles. The molecule has 0 amide bonds. The van der Waals surface area contributed by atoms with Crippen LogP contribution >= 0.6 is 0 Å². The maximum Gasteiger partial charge on any atom is 0.260 e.